The molecular formula is C9H8CaO7. The van der Waals surface area contributed by atoms with Gasteiger partial charge in [0.05, 0.1) is 11.1 Å². The molecule has 0 saturated heterocycles. The number of carbonyl (C=O) groups is 3. The number of phenols is 1. The first-order chi connectivity index (χ1) is 7.36. The summed E-state index contributed by atoms with van der Waals surface area (Å²) in [6.07, 6.45) is 0. The van der Waals surface area contributed by atoms with Crippen LogP contribution in [0, 0.1) is 0 Å². The van der Waals surface area contributed by atoms with E-state index in [9.17, 15) is 19.5 Å². The molecule has 0 aliphatic rings. The number of hydrogen-bond acceptors (Lipinski definition) is 4. The van der Waals surface area contributed by atoms with E-state index in [-0.39, 0.29) is 37.7 Å². The summed E-state index contributed by atoms with van der Waals surface area (Å²) >= 11 is 0. The van der Waals surface area contributed by atoms with Gasteiger partial charge >= 0.3 is 55.6 Å². The molecule has 0 aliphatic carbocycles. The molecule has 0 heterocycles. The van der Waals surface area contributed by atoms with Gasteiger partial charge in [0, 0.05) is 0 Å². The molecule has 0 fully saturated rings. The number of carboxylic acids is 3. The van der Waals surface area contributed by atoms with Crippen molar-refractivity contribution in [2.75, 3.05) is 0 Å². The second kappa shape index (κ2) is 5.85. The van der Waals surface area contributed by atoms with Crippen molar-refractivity contribution in [3.63, 3.8) is 0 Å². The first-order valence-corrected chi connectivity index (χ1v) is 3.92. The fourth-order valence-corrected chi connectivity index (χ4v) is 1.21. The van der Waals surface area contributed by atoms with Gasteiger partial charge in [-0.3, -0.25) is 0 Å². The van der Waals surface area contributed by atoms with Crippen molar-refractivity contribution < 1.29 is 34.8 Å². The normalized spacial score (nSPS) is 9.18. The minimum atomic E-state index is -1.73. The molecule has 1 rings (SSSR count). The van der Waals surface area contributed by atoms with Crippen LogP contribution < -0.4 is 0 Å². The summed E-state index contributed by atoms with van der Waals surface area (Å²) in [6.45, 7) is 0. The topological polar surface area (TPSA) is 132 Å². The van der Waals surface area contributed by atoms with Crippen LogP contribution in [-0.4, -0.2) is 76.1 Å². The molecule has 0 spiro atoms. The molecule has 0 aliphatic heterocycles. The van der Waals surface area contributed by atoms with E-state index in [1.807, 2.05) is 0 Å². The fraction of sp³-hybridized carbons (Fsp3) is 0. The third-order valence-electron chi connectivity index (χ3n) is 1.84. The first kappa shape index (κ1) is 15.7. The monoisotopic (exact) mass is 268 g/mol. The SMILES string of the molecule is O=C(O)c1ccc(O)c(C(=O)O)c1C(=O)O.[CaH2]. The summed E-state index contributed by atoms with van der Waals surface area (Å²) in [6, 6.07) is 1.65. The van der Waals surface area contributed by atoms with Crippen LogP contribution in [0.3, 0.4) is 0 Å². The van der Waals surface area contributed by atoms with Gasteiger partial charge in [0.25, 0.3) is 0 Å². The molecule has 1 aromatic carbocycles. The van der Waals surface area contributed by atoms with Gasteiger partial charge in [-0.05, 0) is 12.1 Å². The Balaban J connectivity index is 0.00000256. The summed E-state index contributed by atoms with van der Waals surface area (Å²) in [5.74, 6) is -5.82. The van der Waals surface area contributed by atoms with Crippen molar-refractivity contribution in [3.8, 4) is 5.75 Å². The zero-order chi connectivity index (χ0) is 12.5. The number of carboxylic acid groups (broad SMARTS) is 3. The van der Waals surface area contributed by atoms with Gasteiger partial charge in [0.2, 0.25) is 0 Å². The quantitative estimate of drug-likeness (QED) is 0.547. The summed E-state index contributed by atoms with van der Waals surface area (Å²) in [5, 5.41) is 35.3. The van der Waals surface area contributed by atoms with Gasteiger partial charge in [0.1, 0.15) is 11.3 Å². The Bertz CT molecular complexity index is 494. The maximum absolute atomic E-state index is 10.8. The average Bonchev–Trinajstić information content (AvgIpc) is 2.15. The van der Waals surface area contributed by atoms with E-state index < -0.39 is 40.3 Å². The molecule has 7 nitrogen and oxygen atoms in total. The summed E-state index contributed by atoms with van der Waals surface area (Å²) in [4.78, 5) is 32.1. The Labute approximate surface area is 124 Å². The van der Waals surface area contributed by atoms with Crippen LogP contribution in [0.25, 0.3) is 0 Å². The fourth-order valence-electron chi connectivity index (χ4n) is 1.21. The molecule has 88 valence electrons. The average molecular weight is 268 g/mol. The molecule has 0 amide bonds. The van der Waals surface area contributed by atoms with Crippen LogP contribution in [0.2, 0.25) is 0 Å². The maximum atomic E-state index is 10.8. The molecule has 0 saturated carbocycles. The molecule has 0 aromatic heterocycles. The second-order valence-electron chi connectivity index (χ2n) is 2.80. The van der Waals surface area contributed by atoms with Crippen molar-refractivity contribution in [1.82, 2.24) is 0 Å². The number of rotatable bonds is 3. The van der Waals surface area contributed by atoms with Crippen molar-refractivity contribution in [1.29, 1.82) is 0 Å². The van der Waals surface area contributed by atoms with E-state index in [1.165, 1.54) is 0 Å². The molecule has 0 atom stereocenters. The predicted molar refractivity (Wildman–Crippen MR) is 57.5 cm³/mol. The van der Waals surface area contributed by atoms with Crippen molar-refractivity contribution in [2.24, 2.45) is 0 Å². The first-order valence-electron chi connectivity index (χ1n) is 3.92. The van der Waals surface area contributed by atoms with E-state index >= 15 is 0 Å². The van der Waals surface area contributed by atoms with E-state index in [0.29, 0.717) is 0 Å². The van der Waals surface area contributed by atoms with Gasteiger partial charge < -0.3 is 20.4 Å². The third kappa shape index (κ3) is 3.09. The number of hydrogen-bond donors (Lipinski definition) is 4. The summed E-state index contributed by atoms with van der Waals surface area (Å²) < 4.78 is 0. The van der Waals surface area contributed by atoms with Crippen molar-refractivity contribution in [2.45, 2.75) is 0 Å². The summed E-state index contributed by atoms with van der Waals surface area (Å²) in [7, 11) is 0. The molecular weight excluding hydrogens is 260 g/mol. The van der Waals surface area contributed by atoms with Gasteiger partial charge in [0.15, 0.2) is 0 Å². The molecule has 0 unspecified atom stereocenters. The van der Waals surface area contributed by atoms with E-state index in [1.54, 1.807) is 0 Å². The standard InChI is InChI=1S/C9H6O7.Ca.2H/c10-4-2-1-3(7(11)12)5(8(13)14)6(4)9(15)16;;;/h1-2,10H,(H,11,12)(H,13,14)(H,15,16);;;. The summed E-state index contributed by atoms with van der Waals surface area (Å²) in [5.41, 5.74) is -2.57. The van der Waals surface area contributed by atoms with E-state index in [4.69, 9.17) is 15.3 Å². The minimum absolute atomic E-state index is 0. The van der Waals surface area contributed by atoms with Gasteiger partial charge in [-0.25, -0.2) is 14.4 Å². The van der Waals surface area contributed by atoms with Gasteiger partial charge in [-0.15, -0.1) is 0 Å². The van der Waals surface area contributed by atoms with Gasteiger partial charge in [-0.2, -0.15) is 0 Å². The predicted octanol–water partition coefficient (Wildman–Crippen LogP) is -0.429. The molecule has 17 heavy (non-hydrogen) atoms. The Morgan fingerprint density at radius 3 is 1.65 bits per heavy atom. The van der Waals surface area contributed by atoms with Crippen molar-refractivity contribution in [3.05, 3.63) is 28.8 Å². The molecule has 1 aromatic rings. The molecule has 0 radical (unpaired) electrons. The van der Waals surface area contributed by atoms with Crippen LogP contribution in [0.1, 0.15) is 31.1 Å². The van der Waals surface area contributed by atoms with Crippen LogP contribution in [0.5, 0.6) is 5.75 Å². The molecule has 0 bridgehead atoms. The molecule has 4 N–H and O–H groups in total. The Morgan fingerprint density at radius 1 is 0.824 bits per heavy atom. The van der Waals surface area contributed by atoms with Crippen LogP contribution in [0.15, 0.2) is 12.1 Å². The number of benzene rings is 1. The Hall–Kier alpha value is -1.31. The van der Waals surface area contributed by atoms with Crippen molar-refractivity contribution >= 4 is 55.6 Å². The number of aromatic hydroxyl groups is 1. The zero-order valence-corrected chi connectivity index (χ0v) is 7.67. The second-order valence-corrected chi connectivity index (χ2v) is 2.80. The van der Waals surface area contributed by atoms with E-state index in [2.05, 4.69) is 0 Å². The van der Waals surface area contributed by atoms with Gasteiger partial charge in [-0.1, -0.05) is 0 Å². The zero-order valence-electron chi connectivity index (χ0n) is 7.67. The van der Waals surface area contributed by atoms with Crippen LogP contribution in [0.4, 0.5) is 0 Å². The Morgan fingerprint density at radius 2 is 1.29 bits per heavy atom. The Kier molecular flexibility index (Phi) is 5.40. The third-order valence-corrected chi connectivity index (χ3v) is 1.84. The van der Waals surface area contributed by atoms with E-state index in [0.717, 1.165) is 12.1 Å². The molecule has 8 heteroatoms. The van der Waals surface area contributed by atoms with Crippen LogP contribution >= 0.6 is 0 Å². The number of aromatic carboxylic acids is 3. The van der Waals surface area contributed by atoms with Crippen LogP contribution in [-0.2, 0) is 0 Å².